The Labute approximate surface area is 116 Å². The highest BCUT2D eigenvalue weighted by Gasteiger charge is 2.44. The maximum absolute atomic E-state index is 11.2. The fourth-order valence-corrected chi connectivity index (χ4v) is 2.30. The van der Waals surface area contributed by atoms with Crippen molar-refractivity contribution in [3.63, 3.8) is 0 Å². The molecular weight excluding hydrogens is 262 g/mol. The van der Waals surface area contributed by atoms with Crippen LogP contribution in [0.4, 0.5) is 5.69 Å². The number of carboxylic acids is 1. The number of carboxylic acid groups (broad SMARTS) is 1. The highest BCUT2D eigenvalue weighted by atomic mass is 16.7. The van der Waals surface area contributed by atoms with Crippen LogP contribution < -0.4 is 19.9 Å². The molecule has 108 valence electrons. The Morgan fingerprint density at radius 3 is 2.55 bits per heavy atom. The third-order valence-corrected chi connectivity index (χ3v) is 3.22. The van der Waals surface area contributed by atoms with Gasteiger partial charge < -0.3 is 24.7 Å². The molecule has 1 heterocycles. The number of hydrogen-bond donors (Lipinski definition) is 1. The van der Waals surface area contributed by atoms with Gasteiger partial charge in [0, 0.05) is 25.6 Å². The summed E-state index contributed by atoms with van der Waals surface area (Å²) in [7, 11) is 0. The fraction of sp³-hybridized carbons (Fsp3) is 0.429. The summed E-state index contributed by atoms with van der Waals surface area (Å²) in [5, 5.41) is 13.8. The number of ether oxygens (including phenoxy) is 2. The molecule has 1 aliphatic heterocycles. The van der Waals surface area contributed by atoms with E-state index in [0.29, 0.717) is 23.6 Å². The molecule has 1 aromatic rings. The zero-order valence-electron chi connectivity index (χ0n) is 11.6. The van der Waals surface area contributed by atoms with Crippen LogP contribution in [-0.2, 0) is 9.59 Å². The predicted molar refractivity (Wildman–Crippen MR) is 69.2 cm³/mol. The number of fused-ring (bicyclic) bond motifs is 1. The molecule has 0 aliphatic carbocycles. The number of amides is 1. The first-order valence-corrected chi connectivity index (χ1v) is 6.36. The Morgan fingerprint density at radius 1 is 1.35 bits per heavy atom. The molecule has 1 amide bonds. The van der Waals surface area contributed by atoms with E-state index in [4.69, 9.17) is 9.47 Å². The second kappa shape index (κ2) is 5.03. The van der Waals surface area contributed by atoms with Crippen molar-refractivity contribution in [2.24, 2.45) is 5.92 Å². The van der Waals surface area contributed by atoms with Crippen LogP contribution in [0.1, 0.15) is 27.2 Å². The lowest BCUT2D eigenvalue weighted by Gasteiger charge is -2.32. The topological polar surface area (TPSA) is 87.7 Å². The fourth-order valence-electron chi connectivity index (χ4n) is 2.30. The van der Waals surface area contributed by atoms with Crippen molar-refractivity contribution in [1.82, 2.24) is 0 Å². The van der Waals surface area contributed by atoms with Crippen molar-refractivity contribution in [2.45, 2.75) is 33.0 Å². The molecule has 1 aromatic carbocycles. The molecular formula is C14H16NO5-. The molecule has 2 unspecified atom stereocenters. The van der Waals surface area contributed by atoms with Gasteiger partial charge >= 0.3 is 0 Å². The normalized spacial score (nSPS) is 21.4. The number of rotatable bonds is 4. The molecule has 0 spiro atoms. The van der Waals surface area contributed by atoms with Gasteiger partial charge in [0.15, 0.2) is 11.5 Å². The van der Waals surface area contributed by atoms with Gasteiger partial charge in [0.05, 0.1) is 11.9 Å². The van der Waals surface area contributed by atoms with Crippen molar-refractivity contribution in [2.75, 3.05) is 5.32 Å². The Morgan fingerprint density at radius 2 is 2.00 bits per heavy atom. The standard InChI is InChI=1S/C14H17NO5/c1-4-10(13(17)18)14(3)19-11-6-5-9(15-8(2)16)7-12(11)20-14/h5-7,10H,4H2,1-3H3,(H,15,16)(H,17,18)/p-1. The van der Waals surface area contributed by atoms with Crippen LogP contribution in [0.15, 0.2) is 18.2 Å². The quantitative estimate of drug-likeness (QED) is 0.884. The molecule has 0 radical (unpaired) electrons. The first kappa shape index (κ1) is 14.2. The van der Waals surface area contributed by atoms with Crippen LogP contribution in [0.5, 0.6) is 11.5 Å². The van der Waals surface area contributed by atoms with Crippen LogP contribution in [0.3, 0.4) is 0 Å². The number of carbonyl (C=O) groups excluding carboxylic acids is 2. The Hall–Kier alpha value is -2.24. The molecule has 1 aliphatic rings. The van der Waals surface area contributed by atoms with E-state index in [-0.39, 0.29) is 5.91 Å². The zero-order valence-corrected chi connectivity index (χ0v) is 11.6. The van der Waals surface area contributed by atoms with Gasteiger partial charge in [-0.3, -0.25) is 4.79 Å². The van der Waals surface area contributed by atoms with Crippen LogP contribution in [0.2, 0.25) is 0 Å². The van der Waals surface area contributed by atoms with Gasteiger partial charge in [-0.15, -0.1) is 0 Å². The molecule has 6 heteroatoms. The third kappa shape index (κ3) is 2.54. The SMILES string of the molecule is CCC(C(=O)[O-])C1(C)Oc2ccc(NC(C)=O)cc2O1. The monoisotopic (exact) mass is 278 g/mol. The summed E-state index contributed by atoms with van der Waals surface area (Å²) in [6, 6.07) is 4.90. The number of anilines is 1. The van der Waals surface area contributed by atoms with Crippen LogP contribution in [-0.4, -0.2) is 17.7 Å². The maximum Gasteiger partial charge on any atom is 0.256 e. The van der Waals surface area contributed by atoms with E-state index in [1.165, 1.54) is 6.92 Å². The lowest BCUT2D eigenvalue weighted by Crippen LogP contribution is -2.51. The molecule has 2 atom stereocenters. The molecule has 1 N–H and O–H groups in total. The van der Waals surface area contributed by atoms with Crippen LogP contribution in [0, 0.1) is 5.92 Å². The van der Waals surface area contributed by atoms with Gasteiger partial charge in [-0.25, -0.2) is 0 Å². The van der Waals surface area contributed by atoms with E-state index in [2.05, 4.69) is 5.32 Å². The summed E-state index contributed by atoms with van der Waals surface area (Å²) in [4.78, 5) is 22.2. The summed E-state index contributed by atoms with van der Waals surface area (Å²) in [6.07, 6.45) is 0.325. The molecule has 0 fully saturated rings. The van der Waals surface area contributed by atoms with Crippen molar-refractivity contribution < 1.29 is 24.2 Å². The van der Waals surface area contributed by atoms with E-state index >= 15 is 0 Å². The van der Waals surface area contributed by atoms with E-state index in [1.54, 1.807) is 32.0 Å². The van der Waals surface area contributed by atoms with E-state index in [1.807, 2.05) is 0 Å². The number of nitrogens with one attached hydrogen (secondary N) is 1. The predicted octanol–water partition coefficient (Wildman–Crippen LogP) is 0.908. The Bertz CT molecular complexity index is 556. The van der Waals surface area contributed by atoms with E-state index in [0.717, 1.165) is 0 Å². The summed E-state index contributed by atoms with van der Waals surface area (Å²) in [6.45, 7) is 4.69. The first-order valence-electron chi connectivity index (χ1n) is 6.36. The van der Waals surface area contributed by atoms with Crippen molar-refractivity contribution >= 4 is 17.6 Å². The van der Waals surface area contributed by atoms with Crippen LogP contribution >= 0.6 is 0 Å². The summed E-state index contributed by atoms with van der Waals surface area (Å²) in [5.41, 5.74) is 0.561. The summed E-state index contributed by atoms with van der Waals surface area (Å²) in [5.74, 6) is -2.76. The Balaban J connectivity index is 2.26. The largest absolute Gasteiger partial charge is 0.550 e. The van der Waals surface area contributed by atoms with E-state index < -0.39 is 17.7 Å². The highest BCUT2D eigenvalue weighted by molar-refractivity contribution is 5.89. The van der Waals surface area contributed by atoms with Gasteiger partial charge in [-0.05, 0) is 18.6 Å². The van der Waals surface area contributed by atoms with E-state index in [9.17, 15) is 14.7 Å². The second-order valence-electron chi connectivity index (χ2n) is 4.84. The van der Waals surface area contributed by atoms with Gasteiger partial charge in [0.25, 0.3) is 5.79 Å². The summed E-state index contributed by atoms with van der Waals surface area (Å²) < 4.78 is 11.2. The number of hydrogen-bond acceptors (Lipinski definition) is 5. The Kier molecular flexibility index (Phi) is 3.57. The molecule has 0 bridgehead atoms. The van der Waals surface area contributed by atoms with Gasteiger partial charge in [-0.2, -0.15) is 0 Å². The van der Waals surface area contributed by atoms with Crippen molar-refractivity contribution in [1.29, 1.82) is 0 Å². The van der Waals surface area contributed by atoms with Gasteiger partial charge in [0.2, 0.25) is 5.91 Å². The lowest BCUT2D eigenvalue weighted by molar-refractivity contribution is -0.321. The molecule has 0 saturated heterocycles. The van der Waals surface area contributed by atoms with Crippen molar-refractivity contribution in [3.05, 3.63) is 18.2 Å². The second-order valence-corrected chi connectivity index (χ2v) is 4.84. The number of benzene rings is 1. The molecule has 0 aromatic heterocycles. The molecule has 20 heavy (non-hydrogen) atoms. The number of carbonyl (C=O) groups is 2. The van der Waals surface area contributed by atoms with Gasteiger partial charge in [0.1, 0.15) is 0 Å². The first-order chi connectivity index (χ1) is 9.35. The highest BCUT2D eigenvalue weighted by Crippen LogP contribution is 2.44. The lowest BCUT2D eigenvalue weighted by atomic mass is 9.97. The minimum atomic E-state index is -1.30. The minimum Gasteiger partial charge on any atom is -0.550 e. The van der Waals surface area contributed by atoms with Crippen molar-refractivity contribution in [3.8, 4) is 11.5 Å². The number of aliphatic carboxylic acids is 1. The molecule has 0 saturated carbocycles. The average Bonchev–Trinajstić information content (AvgIpc) is 2.64. The van der Waals surface area contributed by atoms with Gasteiger partial charge in [-0.1, -0.05) is 6.92 Å². The average molecular weight is 278 g/mol. The maximum atomic E-state index is 11.2. The smallest absolute Gasteiger partial charge is 0.256 e. The minimum absolute atomic E-state index is 0.201. The summed E-state index contributed by atoms with van der Waals surface area (Å²) >= 11 is 0. The zero-order chi connectivity index (χ0) is 14.9. The molecule has 2 rings (SSSR count). The van der Waals surface area contributed by atoms with Crippen LogP contribution in [0.25, 0.3) is 0 Å². The molecule has 6 nitrogen and oxygen atoms in total. The third-order valence-electron chi connectivity index (χ3n) is 3.22.